The molecule has 1 aromatic carbocycles. The third-order valence-corrected chi connectivity index (χ3v) is 2.56. The Kier molecular flexibility index (Phi) is 5.50. The molecule has 0 saturated heterocycles. The van der Waals surface area contributed by atoms with Crippen LogP contribution in [0.15, 0.2) is 18.2 Å². The van der Waals surface area contributed by atoms with E-state index in [9.17, 15) is 13.6 Å². The Morgan fingerprint density at radius 1 is 1.53 bits per heavy atom. The zero-order chi connectivity index (χ0) is 14.4. The van der Waals surface area contributed by atoms with Crippen LogP contribution in [0.2, 0.25) is 0 Å². The van der Waals surface area contributed by atoms with Gasteiger partial charge in [-0.05, 0) is 12.1 Å². The average Bonchev–Trinajstić information content (AvgIpc) is 2.37. The van der Waals surface area contributed by atoms with Crippen molar-refractivity contribution in [1.29, 1.82) is 0 Å². The molecule has 7 heteroatoms. The number of aliphatic hydroxyl groups is 1. The van der Waals surface area contributed by atoms with Crippen LogP contribution < -0.4 is 10.6 Å². The standard InChI is InChI=1S/C12H16F2N2O3/c1-19-12(18)8-3-2-4-9(11(8)15)16(5-6-17)7-10(13)14/h2-4,10,17H,5-7,15H2,1H3. The van der Waals surface area contributed by atoms with Crippen LogP contribution in [0.5, 0.6) is 0 Å². The lowest BCUT2D eigenvalue weighted by molar-refractivity contribution is 0.0602. The molecule has 5 nitrogen and oxygen atoms in total. The zero-order valence-corrected chi connectivity index (χ0v) is 10.5. The molecule has 1 rings (SSSR count). The zero-order valence-electron chi connectivity index (χ0n) is 10.5. The second kappa shape index (κ2) is 6.89. The van der Waals surface area contributed by atoms with Crippen LogP contribution in [0.25, 0.3) is 0 Å². The van der Waals surface area contributed by atoms with Crippen molar-refractivity contribution in [3.8, 4) is 0 Å². The molecule has 0 radical (unpaired) electrons. The number of hydrogen-bond donors (Lipinski definition) is 2. The number of nitrogens with two attached hydrogens (primary N) is 1. The molecule has 0 fully saturated rings. The average molecular weight is 274 g/mol. The monoisotopic (exact) mass is 274 g/mol. The van der Waals surface area contributed by atoms with Gasteiger partial charge in [0.05, 0.1) is 37.2 Å². The molecule has 0 unspecified atom stereocenters. The Balaban J connectivity index is 3.12. The molecular weight excluding hydrogens is 258 g/mol. The number of halogens is 2. The molecule has 106 valence electrons. The second-order valence-electron chi connectivity index (χ2n) is 3.79. The number of anilines is 2. The largest absolute Gasteiger partial charge is 0.465 e. The number of carbonyl (C=O) groups is 1. The molecule has 0 atom stereocenters. The van der Waals surface area contributed by atoms with Crippen molar-refractivity contribution in [2.45, 2.75) is 6.43 Å². The van der Waals surface area contributed by atoms with E-state index in [1.54, 1.807) is 0 Å². The molecular formula is C12H16F2N2O3. The van der Waals surface area contributed by atoms with Crippen molar-refractivity contribution in [3.63, 3.8) is 0 Å². The highest BCUT2D eigenvalue weighted by atomic mass is 19.3. The summed E-state index contributed by atoms with van der Waals surface area (Å²) in [4.78, 5) is 12.7. The molecule has 0 aliphatic carbocycles. The normalized spacial score (nSPS) is 10.6. The van der Waals surface area contributed by atoms with E-state index in [0.717, 1.165) is 0 Å². The van der Waals surface area contributed by atoms with Crippen LogP contribution in [0, 0.1) is 0 Å². The molecule has 1 aromatic rings. The molecule has 0 aliphatic rings. The summed E-state index contributed by atoms with van der Waals surface area (Å²) in [6.45, 7) is -0.872. The molecule has 0 spiro atoms. The summed E-state index contributed by atoms with van der Waals surface area (Å²) in [7, 11) is 1.21. The van der Waals surface area contributed by atoms with Gasteiger partial charge in [0, 0.05) is 6.54 Å². The topological polar surface area (TPSA) is 75.8 Å². The minimum atomic E-state index is -2.58. The number of nitrogen functional groups attached to an aromatic ring is 1. The van der Waals surface area contributed by atoms with Gasteiger partial charge in [0.2, 0.25) is 0 Å². The van der Waals surface area contributed by atoms with Crippen molar-refractivity contribution in [2.75, 3.05) is 37.4 Å². The summed E-state index contributed by atoms with van der Waals surface area (Å²) < 4.78 is 29.5. The van der Waals surface area contributed by atoms with E-state index in [4.69, 9.17) is 10.8 Å². The number of alkyl halides is 2. The Morgan fingerprint density at radius 3 is 2.74 bits per heavy atom. The van der Waals surface area contributed by atoms with Gasteiger partial charge in [0.15, 0.2) is 0 Å². The number of methoxy groups -OCH3 is 1. The van der Waals surface area contributed by atoms with E-state index in [1.165, 1.54) is 30.2 Å². The summed E-state index contributed by atoms with van der Waals surface area (Å²) in [5, 5.41) is 8.91. The fourth-order valence-electron chi connectivity index (χ4n) is 1.71. The van der Waals surface area contributed by atoms with E-state index in [1.807, 2.05) is 0 Å². The summed E-state index contributed by atoms with van der Waals surface area (Å²) in [6, 6.07) is 4.48. The minimum Gasteiger partial charge on any atom is -0.465 e. The van der Waals surface area contributed by atoms with E-state index >= 15 is 0 Å². The lowest BCUT2D eigenvalue weighted by Crippen LogP contribution is -2.32. The predicted molar refractivity (Wildman–Crippen MR) is 67.5 cm³/mol. The number of ether oxygens (including phenoxy) is 1. The number of rotatable bonds is 6. The summed E-state index contributed by atoms with van der Waals surface area (Å²) in [5.74, 6) is -0.639. The van der Waals surface area contributed by atoms with Crippen LogP contribution in [0.1, 0.15) is 10.4 Å². The number of esters is 1. The number of hydrogen-bond acceptors (Lipinski definition) is 5. The first kappa shape index (κ1) is 15.2. The summed E-state index contributed by atoms with van der Waals surface area (Å²) in [6.07, 6.45) is -2.58. The fourth-order valence-corrected chi connectivity index (χ4v) is 1.71. The van der Waals surface area contributed by atoms with E-state index in [2.05, 4.69) is 4.74 Å². The molecule has 0 aromatic heterocycles. The van der Waals surface area contributed by atoms with Gasteiger partial charge in [-0.2, -0.15) is 0 Å². The number of nitrogens with zero attached hydrogens (tertiary/aromatic N) is 1. The first-order valence-corrected chi connectivity index (χ1v) is 5.62. The maximum atomic E-state index is 12.5. The number of carbonyl (C=O) groups excluding carboxylic acids is 1. The highest BCUT2D eigenvalue weighted by Crippen LogP contribution is 2.27. The highest BCUT2D eigenvalue weighted by molar-refractivity contribution is 5.98. The molecule has 0 amide bonds. The van der Waals surface area contributed by atoms with Gasteiger partial charge < -0.3 is 20.5 Å². The first-order valence-electron chi connectivity index (χ1n) is 5.62. The fraction of sp³-hybridized carbons (Fsp3) is 0.417. The van der Waals surface area contributed by atoms with Crippen molar-refractivity contribution in [1.82, 2.24) is 0 Å². The highest BCUT2D eigenvalue weighted by Gasteiger charge is 2.19. The van der Waals surface area contributed by atoms with Crippen molar-refractivity contribution in [2.24, 2.45) is 0 Å². The maximum absolute atomic E-state index is 12.5. The first-order chi connectivity index (χ1) is 9.01. The van der Waals surface area contributed by atoms with Crippen LogP contribution in [0.3, 0.4) is 0 Å². The third kappa shape index (κ3) is 3.78. The number of para-hydroxylation sites is 1. The van der Waals surface area contributed by atoms with Gasteiger partial charge in [-0.25, -0.2) is 13.6 Å². The van der Waals surface area contributed by atoms with Crippen LogP contribution in [0.4, 0.5) is 20.2 Å². The SMILES string of the molecule is COC(=O)c1cccc(N(CCO)CC(F)F)c1N. The Hall–Kier alpha value is -1.89. The third-order valence-electron chi connectivity index (χ3n) is 2.56. The molecule has 0 heterocycles. The van der Waals surface area contributed by atoms with Gasteiger partial charge >= 0.3 is 5.97 Å². The predicted octanol–water partition coefficient (Wildman–Crippen LogP) is 1.12. The van der Waals surface area contributed by atoms with Crippen LogP contribution in [-0.4, -0.2) is 44.3 Å². The van der Waals surface area contributed by atoms with Gasteiger partial charge in [0.25, 0.3) is 6.43 Å². The quantitative estimate of drug-likeness (QED) is 0.600. The number of aliphatic hydroxyl groups excluding tert-OH is 1. The van der Waals surface area contributed by atoms with Crippen molar-refractivity contribution >= 4 is 17.3 Å². The second-order valence-corrected chi connectivity index (χ2v) is 3.79. The van der Waals surface area contributed by atoms with Crippen molar-refractivity contribution < 1.29 is 23.4 Å². The van der Waals surface area contributed by atoms with Gasteiger partial charge in [0.1, 0.15) is 0 Å². The summed E-state index contributed by atoms with van der Waals surface area (Å²) in [5.41, 5.74) is 6.24. The van der Waals surface area contributed by atoms with Crippen LogP contribution >= 0.6 is 0 Å². The lowest BCUT2D eigenvalue weighted by atomic mass is 10.1. The Labute approximate surface area is 109 Å². The van der Waals surface area contributed by atoms with Gasteiger partial charge in [-0.1, -0.05) is 6.07 Å². The molecule has 0 saturated carbocycles. The van der Waals surface area contributed by atoms with E-state index < -0.39 is 18.9 Å². The Bertz CT molecular complexity index is 441. The molecule has 0 bridgehead atoms. The Morgan fingerprint density at radius 2 is 2.21 bits per heavy atom. The molecule has 3 N–H and O–H groups in total. The summed E-state index contributed by atoms with van der Waals surface area (Å²) >= 11 is 0. The smallest absolute Gasteiger partial charge is 0.340 e. The van der Waals surface area contributed by atoms with Gasteiger partial charge in [-0.15, -0.1) is 0 Å². The minimum absolute atomic E-state index is 0.000827. The number of benzene rings is 1. The van der Waals surface area contributed by atoms with Gasteiger partial charge in [-0.3, -0.25) is 0 Å². The van der Waals surface area contributed by atoms with E-state index in [0.29, 0.717) is 0 Å². The maximum Gasteiger partial charge on any atom is 0.340 e. The molecule has 0 aliphatic heterocycles. The lowest BCUT2D eigenvalue weighted by Gasteiger charge is -2.25. The van der Waals surface area contributed by atoms with E-state index in [-0.39, 0.29) is 30.1 Å². The van der Waals surface area contributed by atoms with Crippen molar-refractivity contribution in [3.05, 3.63) is 23.8 Å². The van der Waals surface area contributed by atoms with Crippen LogP contribution in [-0.2, 0) is 4.74 Å². The molecule has 19 heavy (non-hydrogen) atoms.